The Morgan fingerprint density at radius 3 is 3.10 bits per heavy atom. The smallest absolute Gasteiger partial charge is 0.237 e. The molecule has 1 N–H and O–H groups in total. The van der Waals surface area contributed by atoms with E-state index in [0.717, 1.165) is 30.6 Å². The first-order valence-corrected chi connectivity index (χ1v) is 8.08. The molecule has 1 aliphatic rings. The number of rotatable bonds is 7. The lowest BCUT2D eigenvalue weighted by molar-refractivity contribution is 0.385. The summed E-state index contributed by atoms with van der Waals surface area (Å²) in [5.74, 6) is 2.92. The quantitative estimate of drug-likeness (QED) is 0.792. The second-order valence-corrected chi connectivity index (χ2v) is 6.09. The van der Waals surface area contributed by atoms with Gasteiger partial charge < -0.3 is 9.84 Å². The molecule has 4 nitrogen and oxygen atoms in total. The van der Waals surface area contributed by atoms with E-state index in [9.17, 15) is 0 Å². The number of nitrogens with one attached hydrogen (secondary N) is 1. The van der Waals surface area contributed by atoms with Crippen LogP contribution in [0.15, 0.2) is 33.7 Å². The molecule has 1 aromatic carbocycles. The fourth-order valence-corrected chi connectivity index (χ4v) is 2.81. The zero-order valence-corrected chi connectivity index (χ0v) is 12.4. The van der Waals surface area contributed by atoms with Crippen molar-refractivity contribution in [1.82, 2.24) is 15.5 Å². The van der Waals surface area contributed by atoms with Gasteiger partial charge in [-0.15, -0.1) is 11.8 Å². The third-order valence-corrected chi connectivity index (χ3v) is 4.24. The van der Waals surface area contributed by atoms with Crippen LogP contribution in [-0.4, -0.2) is 16.7 Å². The lowest BCUT2D eigenvalue weighted by atomic mass is 10.2. The normalized spacial score (nSPS) is 14.7. The van der Waals surface area contributed by atoms with Crippen molar-refractivity contribution in [2.45, 2.75) is 42.9 Å². The van der Waals surface area contributed by atoms with Crippen LogP contribution in [-0.2, 0) is 12.3 Å². The maximum absolute atomic E-state index is 5.29. The first-order chi connectivity index (χ1) is 9.85. The third kappa shape index (κ3) is 3.61. The van der Waals surface area contributed by atoms with Crippen molar-refractivity contribution in [3.63, 3.8) is 0 Å². The van der Waals surface area contributed by atoms with Crippen molar-refractivity contribution in [2.24, 2.45) is 0 Å². The fourth-order valence-electron chi connectivity index (χ4n) is 1.99. The van der Waals surface area contributed by atoms with Gasteiger partial charge in [0.1, 0.15) is 0 Å². The average molecular weight is 289 g/mol. The predicted octanol–water partition coefficient (Wildman–Crippen LogP) is 3.35. The summed E-state index contributed by atoms with van der Waals surface area (Å²) in [7, 11) is 0. The third-order valence-electron chi connectivity index (χ3n) is 3.27. The molecule has 0 saturated heterocycles. The number of hydrogen-bond acceptors (Lipinski definition) is 5. The van der Waals surface area contributed by atoms with Crippen LogP contribution in [0.5, 0.6) is 0 Å². The van der Waals surface area contributed by atoms with Gasteiger partial charge in [0.15, 0.2) is 5.82 Å². The van der Waals surface area contributed by atoms with Crippen molar-refractivity contribution in [2.75, 3.05) is 6.54 Å². The second kappa shape index (κ2) is 6.41. The summed E-state index contributed by atoms with van der Waals surface area (Å²) in [6.45, 7) is 4.02. The molecule has 3 rings (SSSR count). The zero-order chi connectivity index (χ0) is 13.8. The van der Waals surface area contributed by atoms with Gasteiger partial charge in [-0.25, -0.2) is 0 Å². The Kier molecular flexibility index (Phi) is 4.38. The minimum Gasteiger partial charge on any atom is -0.338 e. The van der Waals surface area contributed by atoms with E-state index < -0.39 is 0 Å². The van der Waals surface area contributed by atoms with Gasteiger partial charge in [0, 0.05) is 17.4 Å². The van der Waals surface area contributed by atoms with Crippen LogP contribution in [0.25, 0.3) is 0 Å². The number of hydrogen-bond donors (Lipinski definition) is 1. The van der Waals surface area contributed by atoms with Gasteiger partial charge in [-0.2, -0.15) is 4.98 Å². The van der Waals surface area contributed by atoms with Crippen LogP contribution in [0, 0.1) is 0 Å². The maximum Gasteiger partial charge on any atom is 0.237 e. The molecule has 0 spiro atoms. The first-order valence-electron chi connectivity index (χ1n) is 7.10. The average Bonchev–Trinajstić information content (AvgIpc) is 3.22. The van der Waals surface area contributed by atoms with Crippen LogP contribution < -0.4 is 5.32 Å². The SMILES string of the molecule is CCNCc1cccc(SCc2nc(C3CC3)no2)c1. The van der Waals surface area contributed by atoms with Gasteiger partial charge in [-0.05, 0) is 37.1 Å². The molecule has 5 heteroatoms. The van der Waals surface area contributed by atoms with Crippen molar-refractivity contribution in [3.8, 4) is 0 Å². The van der Waals surface area contributed by atoms with Crippen molar-refractivity contribution < 1.29 is 4.52 Å². The van der Waals surface area contributed by atoms with Gasteiger partial charge in [0.25, 0.3) is 0 Å². The molecule has 2 aromatic rings. The monoisotopic (exact) mass is 289 g/mol. The molecule has 0 bridgehead atoms. The van der Waals surface area contributed by atoms with E-state index in [2.05, 4.69) is 46.6 Å². The Morgan fingerprint density at radius 2 is 2.30 bits per heavy atom. The van der Waals surface area contributed by atoms with Crippen molar-refractivity contribution in [1.29, 1.82) is 0 Å². The number of aromatic nitrogens is 2. The molecule has 106 valence electrons. The Labute approximate surface area is 123 Å². The summed E-state index contributed by atoms with van der Waals surface area (Å²) in [6.07, 6.45) is 2.41. The molecular formula is C15H19N3OS. The largest absolute Gasteiger partial charge is 0.338 e. The summed E-state index contributed by atoms with van der Waals surface area (Å²) in [5.41, 5.74) is 1.31. The van der Waals surface area contributed by atoms with E-state index in [4.69, 9.17) is 4.52 Å². The number of nitrogens with zero attached hydrogens (tertiary/aromatic N) is 2. The van der Waals surface area contributed by atoms with Crippen LogP contribution in [0.4, 0.5) is 0 Å². The first kappa shape index (κ1) is 13.6. The fraction of sp³-hybridized carbons (Fsp3) is 0.467. The molecular weight excluding hydrogens is 270 g/mol. The molecule has 1 saturated carbocycles. The molecule has 0 amide bonds. The maximum atomic E-state index is 5.29. The van der Waals surface area contributed by atoms with Crippen LogP contribution in [0.3, 0.4) is 0 Å². The highest BCUT2D eigenvalue weighted by atomic mass is 32.2. The molecule has 1 fully saturated rings. The van der Waals surface area contributed by atoms with Crippen molar-refractivity contribution in [3.05, 3.63) is 41.5 Å². The minimum absolute atomic E-state index is 0.556. The molecule has 1 aliphatic carbocycles. The summed E-state index contributed by atoms with van der Waals surface area (Å²) < 4.78 is 5.29. The van der Waals surface area contributed by atoms with Crippen LogP contribution >= 0.6 is 11.8 Å². The standard InChI is InChI=1S/C15H19N3OS/c1-2-16-9-11-4-3-5-13(8-11)20-10-14-17-15(18-19-14)12-6-7-12/h3-5,8,12,16H,2,6-7,9-10H2,1H3. The van der Waals surface area contributed by atoms with Gasteiger partial charge >= 0.3 is 0 Å². The van der Waals surface area contributed by atoms with E-state index in [1.165, 1.54) is 23.3 Å². The Hall–Kier alpha value is -1.33. The van der Waals surface area contributed by atoms with Gasteiger partial charge in [-0.3, -0.25) is 0 Å². The Bertz CT molecular complexity index is 566. The van der Waals surface area contributed by atoms with E-state index in [1.54, 1.807) is 11.8 Å². The van der Waals surface area contributed by atoms with Gasteiger partial charge in [0.05, 0.1) is 5.75 Å². The Balaban J connectivity index is 1.56. The summed E-state index contributed by atoms with van der Waals surface area (Å²) in [4.78, 5) is 5.69. The van der Waals surface area contributed by atoms with Crippen LogP contribution in [0.2, 0.25) is 0 Å². The summed E-state index contributed by atoms with van der Waals surface area (Å²) in [6, 6.07) is 8.58. The van der Waals surface area contributed by atoms with Crippen LogP contribution in [0.1, 0.15) is 43.0 Å². The highest BCUT2D eigenvalue weighted by Gasteiger charge is 2.28. The van der Waals surface area contributed by atoms with Gasteiger partial charge in [-0.1, -0.05) is 24.2 Å². The summed E-state index contributed by atoms with van der Waals surface area (Å²) in [5, 5.41) is 7.38. The van der Waals surface area contributed by atoms with Crippen molar-refractivity contribution >= 4 is 11.8 Å². The lowest BCUT2D eigenvalue weighted by Gasteiger charge is -2.04. The molecule has 0 atom stereocenters. The molecule has 0 unspecified atom stereocenters. The topological polar surface area (TPSA) is 51.0 Å². The minimum atomic E-state index is 0.556. The molecule has 0 radical (unpaired) electrons. The van der Waals surface area contributed by atoms with E-state index in [-0.39, 0.29) is 0 Å². The molecule has 0 aliphatic heterocycles. The summed E-state index contributed by atoms with van der Waals surface area (Å²) >= 11 is 1.74. The Morgan fingerprint density at radius 1 is 1.40 bits per heavy atom. The lowest BCUT2D eigenvalue weighted by Crippen LogP contribution is -2.11. The predicted molar refractivity (Wildman–Crippen MR) is 79.7 cm³/mol. The van der Waals surface area contributed by atoms with E-state index in [1.807, 2.05) is 0 Å². The second-order valence-electron chi connectivity index (χ2n) is 5.04. The van der Waals surface area contributed by atoms with E-state index in [0.29, 0.717) is 5.92 Å². The van der Waals surface area contributed by atoms with E-state index >= 15 is 0 Å². The molecule has 1 aromatic heterocycles. The number of benzene rings is 1. The highest BCUT2D eigenvalue weighted by Crippen LogP contribution is 2.38. The highest BCUT2D eigenvalue weighted by molar-refractivity contribution is 7.98. The van der Waals surface area contributed by atoms with Gasteiger partial charge in [0.2, 0.25) is 5.89 Å². The number of thioether (sulfide) groups is 1. The zero-order valence-electron chi connectivity index (χ0n) is 11.6. The molecule has 20 heavy (non-hydrogen) atoms. The molecule has 1 heterocycles.